The highest BCUT2D eigenvalue weighted by Gasteiger charge is 2.11. The van der Waals surface area contributed by atoms with Gasteiger partial charge in [0.25, 0.3) is 5.91 Å². The lowest BCUT2D eigenvalue weighted by molar-refractivity contribution is 0.101. The Morgan fingerprint density at radius 1 is 1.50 bits per heavy atom. The maximum absolute atomic E-state index is 11.6. The number of amides is 1. The van der Waals surface area contributed by atoms with Crippen molar-refractivity contribution in [1.82, 2.24) is 25.1 Å². The number of anilines is 1. The maximum Gasteiger partial charge on any atom is 0.296 e. The molecule has 7 nitrogen and oxygen atoms in total. The Bertz CT molecular complexity index is 525. The Labute approximate surface area is 95.3 Å². The average Bonchev–Trinajstić information content (AvgIpc) is 2.65. The highest BCUT2D eigenvalue weighted by atomic mass is 35.5. The molecule has 0 atom stereocenters. The first-order chi connectivity index (χ1) is 7.65. The van der Waals surface area contributed by atoms with Gasteiger partial charge in [0, 0.05) is 6.07 Å². The Balaban J connectivity index is 2.13. The minimum absolute atomic E-state index is 0.0484. The molecule has 0 saturated carbocycles. The molecule has 0 aliphatic carbocycles. The molecule has 2 aromatic heterocycles. The second kappa shape index (κ2) is 4.23. The van der Waals surface area contributed by atoms with Crippen LogP contribution in [0.5, 0.6) is 0 Å². The smallest absolute Gasteiger partial charge is 0.296 e. The van der Waals surface area contributed by atoms with Crippen molar-refractivity contribution >= 4 is 23.3 Å². The zero-order chi connectivity index (χ0) is 11.5. The predicted molar refractivity (Wildman–Crippen MR) is 56.1 cm³/mol. The normalized spacial score (nSPS) is 10.1. The van der Waals surface area contributed by atoms with Crippen LogP contribution < -0.4 is 5.32 Å². The first kappa shape index (κ1) is 10.5. The van der Waals surface area contributed by atoms with Gasteiger partial charge in [0.15, 0.2) is 0 Å². The molecular formula is C8H7ClN6O. The van der Waals surface area contributed by atoms with Gasteiger partial charge in [-0.25, -0.2) is 15.0 Å². The number of aromatic amines is 1. The van der Waals surface area contributed by atoms with Crippen molar-refractivity contribution in [1.29, 1.82) is 0 Å². The number of aryl methyl sites for hydroxylation is 1. The van der Waals surface area contributed by atoms with Crippen LogP contribution in [-0.4, -0.2) is 31.1 Å². The van der Waals surface area contributed by atoms with Gasteiger partial charge >= 0.3 is 0 Å². The van der Waals surface area contributed by atoms with E-state index in [0.717, 1.165) is 0 Å². The topological polar surface area (TPSA) is 96.5 Å². The Morgan fingerprint density at radius 3 is 2.94 bits per heavy atom. The largest absolute Gasteiger partial charge is 0.304 e. The number of hydrogen-bond acceptors (Lipinski definition) is 5. The van der Waals surface area contributed by atoms with E-state index in [-0.39, 0.29) is 11.0 Å². The van der Waals surface area contributed by atoms with E-state index in [2.05, 4.69) is 30.5 Å². The highest BCUT2D eigenvalue weighted by molar-refractivity contribution is 6.29. The number of nitrogens with zero attached hydrogens (tertiary/aromatic N) is 4. The van der Waals surface area contributed by atoms with Crippen LogP contribution in [0, 0.1) is 6.92 Å². The zero-order valence-corrected chi connectivity index (χ0v) is 8.99. The van der Waals surface area contributed by atoms with Gasteiger partial charge in [-0.1, -0.05) is 11.6 Å². The van der Waals surface area contributed by atoms with Crippen LogP contribution in [0.2, 0.25) is 5.15 Å². The first-order valence-corrected chi connectivity index (χ1v) is 4.71. The molecule has 2 heterocycles. The molecular weight excluding hydrogens is 232 g/mol. The summed E-state index contributed by atoms with van der Waals surface area (Å²) in [7, 11) is 0. The van der Waals surface area contributed by atoms with E-state index in [9.17, 15) is 4.79 Å². The van der Waals surface area contributed by atoms with E-state index >= 15 is 0 Å². The van der Waals surface area contributed by atoms with E-state index in [4.69, 9.17) is 11.6 Å². The molecule has 2 aromatic rings. The van der Waals surface area contributed by atoms with Crippen LogP contribution in [0.3, 0.4) is 0 Å². The van der Waals surface area contributed by atoms with Crippen molar-refractivity contribution in [3.63, 3.8) is 0 Å². The molecule has 0 saturated heterocycles. The van der Waals surface area contributed by atoms with Gasteiger partial charge < -0.3 is 5.32 Å². The average molecular weight is 239 g/mol. The van der Waals surface area contributed by atoms with Crippen molar-refractivity contribution in [3.8, 4) is 0 Å². The Hall–Kier alpha value is -2.02. The monoisotopic (exact) mass is 238 g/mol. The number of carbonyl (C=O) groups is 1. The molecule has 1 amide bonds. The molecule has 8 heteroatoms. The Morgan fingerprint density at radius 2 is 2.31 bits per heavy atom. The molecule has 0 unspecified atom stereocenters. The fourth-order valence-corrected chi connectivity index (χ4v) is 1.17. The molecule has 2 rings (SSSR count). The van der Waals surface area contributed by atoms with Crippen LogP contribution in [0.15, 0.2) is 12.4 Å². The molecule has 2 N–H and O–H groups in total. The quantitative estimate of drug-likeness (QED) is 0.755. The number of aromatic nitrogens is 5. The van der Waals surface area contributed by atoms with Crippen LogP contribution >= 0.6 is 11.6 Å². The van der Waals surface area contributed by atoms with Crippen LogP contribution in [-0.2, 0) is 0 Å². The fourth-order valence-electron chi connectivity index (χ4n) is 1.02. The summed E-state index contributed by atoms with van der Waals surface area (Å²) < 4.78 is 0. The van der Waals surface area contributed by atoms with E-state index < -0.39 is 5.91 Å². The van der Waals surface area contributed by atoms with Crippen molar-refractivity contribution in [3.05, 3.63) is 29.2 Å². The number of halogens is 1. The van der Waals surface area contributed by atoms with E-state index in [0.29, 0.717) is 11.6 Å². The molecule has 0 radical (unpaired) electrons. The summed E-state index contributed by atoms with van der Waals surface area (Å²) in [6, 6.07) is 1.43. The number of H-pyrrole nitrogens is 1. The predicted octanol–water partition coefficient (Wildman–Crippen LogP) is 0.809. The van der Waals surface area contributed by atoms with Crippen LogP contribution in [0.25, 0.3) is 0 Å². The Kier molecular flexibility index (Phi) is 2.78. The van der Waals surface area contributed by atoms with Gasteiger partial charge in [0.1, 0.15) is 23.1 Å². The summed E-state index contributed by atoms with van der Waals surface area (Å²) in [4.78, 5) is 23.0. The SMILES string of the molecule is Cc1nc(C(=O)Nc2cc(Cl)ncn2)n[nH]1. The van der Waals surface area contributed by atoms with Gasteiger partial charge in [-0.2, -0.15) is 0 Å². The van der Waals surface area contributed by atoms with Gasteiger partial charge in [-0.3, -0.25) is 9.89 Å². The van der Waals surface area contributed by atoms with Crippen molar-refractivity contribution < 1.29 is 4.79 Å². The summed E-state index contributed by atoms with van der Waals surface area (Å²) in [5.41, 5.74) is 0. The first-order valence-electron chi connectivity index (χ1n) is 4.33. The molecule has 0 aromatic carbocycles. The van der Waals surface area contributed by atoms with E-state index in [1.165, 1.54) is 12.4 Å². The van der Waals surface area contributed by atoms with Gasteiger partial charge in [0.05, 0.1) is 0 Å². The van der Waals surface area contributed by atoms with Gasteiger partial charge in [-0.15, -0.1) is 5.10 Å². The summed E-state index contributed by atoms with van der Waals surface area (Å²) in [6.45, 7) is 1.70. The standard InChI is InChI=1S/C8H7ClN6O/c1-4-12-7(15-14-4)8(16)13-6-2-5(9)10-3-11-6/h2-3H,1H3,(H,12,14,15)(H,10,11,13,16). The number of nitrogens with one attached hydrogen (secondary N) is 2. The minimum Gasteiger partial charge on any atom is -0.304 e. The number of carbonyl (C=O) groups excluding carboxylic acids is 1. The third kappa shape index (κ3) is 2.31. The fraction of sp³-hybridized carbons (Fsp3) is 0.125. The summed E-state index contributed by atoms with van der Waals surface area (Å²) in [5.74, 6) is 0.449. The zero-order valence-electron chi connectivity index (χ0n) is 8.23. The van der Waals surface area contributed by atoms with Crippen molar-refractivity contribution in [2.45, 2.75) is 6.92 Å². The molecule has 16 heavy (non-hydrogen) atoms. The van der Waals surface area contributed by atoms with E-state index in [1.54, 1.807) is 6.92 Å². The van der Waals surface area contributed by atoms with Crippen LogP contribution in [0.1, 0.15) is 16.4 Å². The molecule has 0 aliphatic heterocycles. The van der Waals surface area contributed by atoms with Crippen LogP contribution in [0.4, 0.5) is 5.82 Å². The van der Waals surface area contributed by atoms with Gasteiger partial charge in [-0.05, 0) is 6.92 Å². The second-order valence-electron chi connectivity index (χ2n) is 2.92. The van der Waals surface area contributed by atoms with Gasteiger partial charge in [0.2, 0.25) is 5.82 Å². The van der Waals surface area contributed by atoms with Crippen molar-refractivity contribution in [2.75, 3.05) is 5.32 Å². The summed E-state index contributed by atoms with van der Waals surface area (Å²) in [6.07, 6.45) is 1.25. The lowest BCUT2D eigenvalue weighted by Crippen LogP contribution is -2.14. The summed E-state index contributed by atoms with van der Waals surface area (Å²) in [5, 5.41) is 9.02. The molecule has 82 valence electrons. The van der Waals surface area contributed by atoms with E-state index in [1.807, 2.05) is 0 Å². The molecule has 0 bridgehead atoms. The lowest BCUT2D eigenvalue weighted by Gasteiger charge is -2.00. The minimum atomic E-state index is -0.459. The second-order valence-corrected chi connectivity index (χ2v) is 3.31. The number of rotatable bonds is 2. The van der Waals surface area contributed by atoms with Crippen molar-refractivity contribution in [2.24, 2.45) is 0 Å². The maximum atomic E-state index is 11.6. The summed E-state index contributed by atoms with van der Waals surface area (Å²) >= 11 is 5.64. The lowest BCUT2D eigenvalue weighted by atomic mass is 10.5. The molecule has 0 spiro atoms. The number of hydrogen-bond donors (Lipinski definition) is 2. The molecule has 0 fully saturated rings. The highest BCUT2D eigenvalue weighted by Crippen LogP contribution is 2.09. The third-order valence-electron chi connectivity index (χ3n) is 1.68. The molecule has 0 aliphatic rings. The third-order valence-corrected chi connectivity index (χ3v) is 1.88.